The molecule has 3 saturated heterocycles. The fraction of sp³-hybridized carbons (Fsp3) is 1.00. The van der Waals surface area contributed by atoms with Gasteiger partial charge in [0.05, 0.1) is 31.6 Å². The molecule has 0 aromatic rings. The van der Waals surface area contributed by atoms with Crippen molar-refractivity contribution in [2.75, 3.05) is 60.2 Å². The number of rotatable bonds is 8. The van der Waals surface area contributed by atoms with Crippen LogP contribution in [0.1, 0.15) is 0 Å². The third-order valence-corrected chi connectivity index (χ3v) is 5.74. The molecule has 3 fully saturated rings. The van der Waals surface area contributed by atoms with Crippen LogP contribution >= 0.6 is 0 Å². The van der Waals surface area contributed by atoms with Gasteiger partial charge in [-0.3, -0.25) is 16.0 Å². The molecule has 3 heterocycles. The van der Waals surface area contributed by atoms with Crippen molar-refractivity contribution in [3.63, 3.8) is 0 Å². The maximum atomic E-state index is 10.6. The van der Waals surface area contributed by atoms with Gasteiger partial charge < -0.3 is 35.6 Å². The third kappa shape index (κ3) is 4.77. The molecule has 11 nitrogen and oxygen atoms in total. The van der Waals surface area contributed by atoms with E-state index < -0.39 is 24.5 Å². The zero-order valence-electron chi connectivity index (χ0n) is 16.2. The van der Waals surface area contributed by atoms with Crippen molar-refractivity contribution in [2.24, 2.45) is 5.73 Å². The van der Waals surface area contributed by atoms with Gasteiger partial charge in [-0.15, -0.1) is 0 Å². The van der Waals surface area contributed by atoms with Crippen molar-refractivity contribution in [2.45, 2.75) is 42.9 Å². The molecule has 3 aliphatic heterocycles. The van der Waals surface area contributed by atoms with Gasteiger partial charge in [-0.25, -0.2) is 4.90 Å². The SMILES string of the molecule is CN(CCO)CCN(C)C[C@H]1O[C@@H](N2CNC3C(N)NCNC32)[C@H](O)[C@@H]1O. The Bertz CT molecular complexity index is 476. The molecule has 158 valence electrons. The summed E-state index contributed by atoms with van der Waals surface area (Å²) in [4.78, 5) is 6.11. The third-order valence-electron chi connectivity index (χ3n) is 5.74. The van der Waals surface area contributed by atoms with E-state index in [1.807, 2.05) is 23.9 Å². The lowest BCUT2D eigenvalue weighted by molar-refractivity contribution is -0.106. The van der Waals surface area contributed by atoms with Crippen LogP contribution in [0.2, 0.25) is 0 Å². The van der Waals surface area contributed by atoms with Gasteiger partial charge in [-0.1, -0.05) is 0 Å². The highest BCUT2D eigenvalue weighted by molar-refractivity contribution is 5.01. The highest BCUT2D eigenvalue weighted by atomic mass is 16.6. The molecule has 0 spiro atoms. The molecule has 0 amide bonds. The summed E-state index contributed by atoms with van der Waals surface area (Å²) in [6.07, 6.45) is -3.21. The molecule has 0 radical (unpaired) electrons. The second-order valence-electron chi connectivity index (χ2n) is 7.79. The van der Waals surface area contributed by atoms with Crippen molar-refractivity contribution in [1.29, 1.82) is 0 Å². The van der Waals surface area contributed by atoms with Crippen LogP contribution in [0.25, 0.3) is 0 Å². The predicted octanol–water partition coefficient (Wildman–Crippen LogP) is -4.72. The quantitative estimate of drug-likeness (QED) is 0.215. The Morgan fingerprint density at radius 3 is 2.56 bits per heavy atom. The molecule has 3 aliphatic rings. The number of likely N-dealkylation sites (N-methyl/N-ethyl adjacent to an activating group) is 2. The van der Waals surface area contributed by atoms with Gasteiger partial charge in [0.15, 0.2) is 0 Å². The lowest BCUT2D eigenvalue weighted by atomic mass is 10.1. The van der Waals surface area contributed by atoms with Gasteiger partial charge in [0.1, 0.15) is 24.5 Å². The molecule has 0 aromatic carbocycles. The molecular weight excluding hydrogens is 354 g/mol. The van der Waals surface area contributed by atoms with Gasteiger partial charge in [0.2, 0.25) is 0 Å². The Morgan fingerprint density at radius 2 is 1.81 bits per heavy atom. The largest absolute Gasteiger partial charge is 0.395 e. The number of hydrogen-bond donors (Lipinski definition) is 7. The number of nitrogens with two attached hydrogens (primary N) is 1. The van der Waals surface area contributed by atoms with Crippen molar-refractivity contribution in [3.05, 3.63) is 0 Å². The summed E-state index contributed by atoms with van der Waals surface area (Å²) in [5, 5.41) is 39.9. The summed E-state index contributed by atoms with van der Waals surface area (Å²) in [6, 6.07) is 0.00970. The Balaban J connectivity index is 1.53. The molecule has 3 unspecified atom stereocenters. The van der Waals surface area contributed by atoms with Gasteiger partial charge in [-0.05, 0) is 14.1 Å². The van der Waals surface area contributed by atoms with Crippen molar-refractivity contribution >= 4 is 0 Å². The molecule has 0 bridgehead atoms. The van der Waals surface area contributed by atoms with Gasteiger partial charge in [0.25, 0.3) is 0 Å². The summed E-state index contributed by atoms with van der Waals surface area (Å²) in [6.45, 7) is 3.98. The van der Waals surface area contributed by atoms with E-state index in [-0.39, 0.29) is 25.0 Å². The Labute approximate surface area is 160 Å². The summed E-state index contributed by atoms with van der Waals surface area (Å²) in [7, 11) is 3.92. The molecule has 7 atom stereocenters. The second kappa shape index (κ2) is 9.37. The fourth-order valence-electron chi connectivity index (χ4n) is 4.03. The maximum Gasteiger partial charge on any atom is 0.142 e. The molecule has 8 N–H and O–H groups in total. The number of hydrogen-bond acceptors (Lipinski definition) is 11. The van der Waals surface area contributed by atoms with E-state index in [1.165, 1.54) is 0 Å². The summed E-state index contributed by atoms with van der Waals surface area (Å²) in [5.41, 5.74) is 6.10. The minimum atomic E-state index is -0.978. The number of nitrogens with zero attached hydrogens (tertiary/aromatic N) is 3. The van der Waals surface area contributed by atoms with Crippen LogP contribution in [-0.4, -0.2) is 133 Å². The maximum absolute atomic E-state index is 10.6. The molecule has 27 heavy (non-hydrogen) atoms. The molecule has 11 heteroatoms. The average molecular weight is 390 g/mol. The minimum Gasteiger partial charge on any atom is -0.395 e. The number of aliphatic hydroxyl groups excluding tert-OH is 3. The fourth-order valence-corrected chi connectivity index (χ4v) is 4.03. The van der Waals surface area contributed by atoms with Crippen molar-refractivity contribution < 1.29 is 20.1 Å². The Hall–Kier alpha value is -0.440. The van der Waals surface area contributed by atoms with Crippen LogP contribution in [0.4, 0.5) is 0 Å². The zero-order chi connectivity index (χ0) is 19.6. The monoisotopic (exact) mass is 389 g/mol. The highest BCUT2D eigenvalue weighted by Crippen LogP contribution is 2.28. The van der Waals surface area contributed by atoms with Gasteiger partial charge in [-0.2, -0.15) is 0 Å². The first-order valence-corrected chi connectivity index (χ1v) is 9.63. The molecule has 0 aromatic heterocycles. The van der Waals surface area contributed by atoms with E-state index in [0.29, 0.717) is 26.4 Å². The molecular formula is C16H35N7O4. The molecule has 3 rings (SSSR count). The summed E-state index contributed by atoms with van der Waals surface area (Å²) >= 11 is 0. The lowest BCUT2D eigenvalue weighted by Crippen LogP contribution is -2.68. The predicted molar refractivity (Wildman–Crippen MR) is 99.3 cm³/mol. The van der Waals surface area contributed by atoms with Gasteiger partial charge >= 0.3 is 0 Å². The zero-order valence-corrected chi connectivity index (χ0v) is 16.2. The van der Waals surface area contributed by atoms with Crippen LogP contribution in [0.3, 0.4) is 0 Å². The first kappa shape index (κ1) is 21.3. The average Bonchev–Trinajstić information content (AvgIpc) is 3.18. The highest BCUT2D eigenvalue weighted by Gasteiger charge is 2.51. The van der Waals surface area contributed by atoms with E-state index in [1.54, 1.807) is 0 Å². The van der Waals surface area contributed by atoms with Crippen LogP contribution in [0.5, 0.6) is 0 Å². The number of ether oxygens (including phenoxy) is 1. The first-order valence-electron chi connectivity index (χ1n) is 9.63. The first-order chi connectivity index (χ1) is 12.9. The van der Waals surface area contributed by atoms with Crippen LogP contribution in [0, 0.1) is 0 Å². The number of nitrogens with one attached hydrogen (secondary N) is 3. The normalized spacial score (nSPS) is 40.2. The Kier molecular flexibility index (Phi) is 7.38. The van der Waals surface area contributed by atoms with E-state index in [4.69, 9.17) is 15.6 Å². The van der Waals surface area contributed by atoms with Crippen LogP contribution < -0.4 is 21.7 Å². The van der Waals surface area contributed by atoms with E-state index in [2.05, 4.69) is 20.9 Å². The van der Waals surface area contributed by atoms with Crippen molar-refractivity contribution in [1.82, 2.24) is 30.7 Å². The lowest BCUT2D eigenvalue weighted by Gasteiger charge is -2.38. The van der Waals surface area contributed by atoms with E-state index in [0.717, 1.165) is 13.1 Å². The Morgan fingerprint density at radius 1 is 1.07 bits per heavy atom. The van der Waals surface area contributed by atoms with Crippen molar-refractivity contribution in [3.8, 4) is 0 Å². The summed E-state index contributed by atoms with van der Waals surface area (Å²) in [5.74, 6) is 0. The number of aliphatic hydroxyl groups is 3. The van der Waals surface area contributed by atoms with Crippen LogP contribution in [0.15, 0.2) is 0 Å². The summed E-state index contributed by atoms with van der Waals surface area (Å²) < 4.78 is 6.07. The molecule has 0 aliphatic carbocycles. The topological polar surface area (TPSA) is 142 Å². The minimum absolute atomic E-state index is 0.00970. The van der Waals surface area contributed by atoms with E-state index >= 15 is 0 Å². The second-order valence-corrected chi connectivity index (χ2v) is 7.79. The smallest absolute Gasteiger partial charge is 0.142 e. The molecule has 0 saturated carbocycles. The standard InChI is InChI=1S/C16H35N7O4/c1-21(5-6-24)3-4-22(2)7-10-12(25)13(26)16(27-10)23-9-20-11-14(17)18-8-19-15(11)23/h10-16,18-20,24-26H,3-9,17H2,1-2H3/t10-,11?,12-,13-,14?,15?,16-/m1/s1. The number of fused-ring (bicyclic) bond motifs is 1. The van der Waals surface area contributed by atoms with E-state index in [9.17, 15) is 10.2 Å². The van der Waals surface area contributed by atoms with Crippen LogP contribution in [-0.2, 0) is 4.74 Å². The van der Waals surface area contributed by atoms with Gasteiger partial charge in [0, 0.05) is 32.8 Å².